The first-order valence-corrected chi connectivity index (χ1v) is 4.68. The number of rotatable bonds is 3. The molecule has 0 spiro atoms. The molecule has 0 amide bonds. The molecule has 0 aliphatic rings. The zero-order valence-corrected chi connectivity index (χ0v) is 13.9. The number of benzene rings is 1. The maximum atomic E-state index is 11.9. The van der Waals surface area contributed by atoms with Crippen molar-refractivity contribution in [3.8, 4) is 0 Å². The fourth-order valence-corrected chi connectivity index (χ4v) is 1.14. The van der Waals surface area contributed by atoms with Crippen LogP contribution >= 0.6 is 0 Å². The average Bonchev–Trinajstić information content (AvgIpc) is 2.18. The molecule has 0 N–H and O–H groups in total. The van der Waals surface area contributed by atoms with Crippen molar-refractivity contribution in [2.24, 2.45) is 5.41 Å². The molecule has 2 heteroatoms. The molecule has 1 rings (SSSR count). The van der Waals surface area contributed by atoms with Crippen LogP contribution in [0, 0.1) is 20.3 Å². The van der Waals surface area contributed by atoms with E-state index in [1.165, 1.54) is 0 Å². The zero-order valence-electron chi connectivity index (χ0n) is 11.1. The van der Waals surface area contributed by atoms with Crippen molar-refractivity contribution < 1.29 is 37.5 Å². The van der Waals surface area contributed by atoms with Gasteiger partial charge in [0.2, 0.25) is 0 Å². The largest absolute Gasteiger partial charge is 0.358 e. The van der Waals surface area contributed by atoms with Crippen LogP contribution in [-0.4, -0.2) is 5.78 Å². The van der Waals surface area contributed by atoms with E-state index in [2.05, 4.69) is 0 Å². The molecule has 0 heterocycles. The Morgan fingerprint density at radius 2 is 1.53 bits per heavy atom. The molecule has 0 aliphatic heterocycles. The van der Waals surface area contributed by atoms with Gasteiger partial charge in [0, 0.05) is 43.7 Å². The fraction of sp³-hybridized carbons (Fsp3) is 0.400. The van der Waals surface area contributed by atoms with Gasteiger partial charge in [0.15, 0.2) is 5.78 Å². The third-order valence-electron chi connectivity index (χ3n) is 2.53. The van der Waals surface area contributed by atoms with Gasteiger partial charge in [-0.2, -0.15) is 0 Å². The molecule has 0 aliphatic carbocycles. The predicted molar refractivity (Wildman–Crippen MR) is 74.4 cm³/mol. The topological polar surface area (TPSA) is 17.1 Å². The van der Waals surface area contributed by atoms with Gasteiger partial charge in [-0.3, -0.25) is 4.79 Å². The van der Waals surface area contributed by atoms with Crippen molar-refractivity contribution in [3.05, 3.63) is 50.7 Å². The number of ketones is 1. The van der Waals surface area contributed by atoms with Gasteiger partial charge in [0.05, 0.1) is 0 Å². The molecule has 0 atom stereocenters. The van der Waals surface area contributed by atoms with Crippen molar-refractivity contribution in [2.45, 2.75) is 34.6 Å². The summed E-state index contributed by atoms with van der Waals surface area (Å²) in [6.45, 7) is 6.02. The van der Waals surface area contributed by atoms with E-state index in [4.69, 9.17) is 0 Å². The molecule has 1 nitrogen and oxygen atoms in total. The van der Waals surface area contributed by atoms with Crippen LogP contribution in [0.4, 0.5) is 0 Å². The third kappa shape index (κ3) is 7.11. The molecule has 0 aromatic heterocycles. The Bertz CT molecular complexity index is 291. The summed E-state index contributed by atoms with van der Waals surface area (Å²) < 4.78 is 0. The second kappa shape index (κ2) is 11.1. The fourth-order valence-electron chi connectivity index (χ4n) is 1.14. The minimum Gasteiger partial charge on any atom is -0.358 e. The van der Waals surface area contributed by atoms with Crippen LogP contribution in [0.15, 0.2) is 30.3 Å². The maximum absolute atomic E-state index is 11.9. The van der Waals surface area contributed by atoms with E-state index < -0.39 is 0 Å². The predicted octanol–water partition coefficient (Wildman–Crippen LogP) is 4.84. The first-order valence-electron chi connectivity index (χ1n) is 4.68. The molecular weight excluding hydrogens is 285 g/mol. The second-order valence-electron chi connectivity index (χ2n) is 3.93. The van der Waals surface area contributed by atoms with Gasteiger partial charge < -0.3 is 14.9 Å². The molecular formula is C15H26OY-2. The summed E-state index contributed by atoms with van der Waals surface area (Å²) in [6.07, 6.45) is 0.876. The van der Waals surface area contributed by atoms with Gasteiger partial charge in [0.1, 0.15) is 0 Å². The van der Waals surface area contributed by atoms with E-state index in [-0.39, 0.29) is 66.2 Å². The molecule has 1 aromatic rings. The summed E-state index contributed by atoms with van der Waals surface area (Å²) in [7, 11) is 0. The molecule has 0 fully saturated rings. The molecule has 0 saturated heterocycles. The van der Waals surface area contributed by atoms with Gasteiger partial charge in [-0.15, -0.1) is 0 Å². The van der Waals surface area contributed by atoms with Crippen molar-refractivity contribution in [1.82, 2.24) is 0 Å². The van der Waals surface area contributed by atoms with E-state index >= 15 is 0 Å². The van der Waals surface area contributed by atoms with Gasteiger partial charge >= 0.3 is 0 Å². The van der Waals surface area contributed by atoms with E-state index in [0.717, 1.165) is 12.0 Å². The molecule has 1 aromatic carbocycles. The summed E-state index contributed by atoms with van der Waals surface area (Å²) in [5, 5.41) is 0. The summed E-state index contributed by atoms with van der Waals surface area (Å²) in [6, 6.07) is 9.48. The van der Waals surface area contributed by atoms with Crippen LogP contribution < -0.4 is 0 Å². The smallest absolute Gasteiger partial charge is 0.168 e. The van der Waals surface area contributed by atoms with Crippen molar-refractivity contribution in [1.29, 1.82) is 0 Å². The normalized spacial score (nSPS) is 8.65. The monoisotopic (exact) mass is 311 g/mol. The van der Waals surface area contributed by atoms with Crippen LogP contribution in [-0.2, 0) is 32.7 Å². The van der Waals surface area contributed by atoms with E-state index in [1.54, 1.807) is 0 Å². The first-order chi connectivity index (χ1) is 6.08. The second-order valence-corrected chi connectivity index (χ2v) is 3.93. The molecule has 97 valence electrons. The first kappa shape index (κ1) is 25.7. The van der Waals surface area contributed by atoms with E-state index in [1.807, 2.05) is 51.1 Å². The van der Waals surface area contributed by atoms with Crippen LogP contribution in [0.25, 0.3) is 0 Å². The number of hydrogen-bond acceptors (Lipinski definition) is 1. The zero-order chi connectivity index (χ0) is 9.90. The number of hydrogen-bond donors (Lipinski definition) is 0. The van der Waals surface area contributed by atoms with Crippen LogP contribution in [0.3, 0.4) is 0 Å². The van der Waals surface area contributed by atoms with Crippen LogP contribution in [0.1, 0.15) is 45.0 Å². The molecule has 0 bridgehead atoms. The summed E-state index contributed by atoms with van der Waals surface area (Å²) >= 11 is 0. The van der Waals surface area contributed by atoms with Gasteiger partial charge in [-0.1, -0.05) is 58.5 Å². The Morgan fingerprint density at radius 3 is 1.88 bits per heavy atom. The van der Waals surface area contributed by atoms with Crippen LogP contribution in [0.2, 0.25) is 0 Å². The maximum Gasteiger partial charge on any atom is 0.168 e. The van der Waals surface area contributed by atoms with Gasteiger partial charge in [0.25, 0.3) is 0 Å². The van der Waals surface area contributed by atoms with Crippen molar-refractivity contribution in [2.75, 3.05) is 0 Å². The number of Topliss-reactive ketones (excluding diaryl/α,β-unsaturated/α-hetero) is 1. The Morgan fingerprint density at radius 1 is 1.12 bits per heavy atom. The van der Waals surface area contributed by atoms with Gasteiger partial charge in [-0.25, -0.2) is 0 Å². The molecule has 0 unspecified atom stereocenters. The number of carbonyl (C=O) groups is 1. The van der Waals surface area contributed by atoms with E-state index in [9.17, 15) is 4.79 Å². The standard InChI is InChI=1S/C12H16O.CH4.2CH3.Y/c1-4-12(2,3)11(13)10-8-6-5-7-9-10;;;;/h5-9H,4H2,1-3H3;1H4;2*1H3;/q;;2*-1;. The summed E-state index contributed by atoms with van der Waals surface area (Å²) in [5.41, 5.74) is 0.579. The Labute approximate surface area is 133 Å². The van der Waals surface area contributed by atoms with Crippen molar-refractivity contribution >= 4 is 5.78 Å². The Balaban J connectivity index is -0.000000211. The third-order valence-corrected chi connectivity index (χ3v) is 2.53. The van der Waals surface area contributed by atoms with Crippen LogP contribution in [0.5, 0.6) is 0 Å². The van der Waals surface area contributed by atoms with E-state index in [0.29, 0.717) is 0 Å². The molecule has 0 saturated carbocycles. The number of carbonyl (C=O) groups excluding carboxylic acids is 1. The average molecular weight is 311 g/mol. The SMILES string of the molecule is C.CCC(C)(C)C(=O)c1ccccc1.[CH3-].[CH3-].[Y]. The van der Waals surface area contributed by atoms with Crippen molar-refractivity contribution in [3.63, 3.8) is 0 Å². The summed E-state index contributed by atoms with van der Waals surface area (Å²) in [4.78, 5) is 11.9. The minimum absolute atomic E-state index is 0. The van der Waals surface area contributed by atoms with Gasteiger partial charge in [-0.05, 0) is 6.42 Å². The quantitative estimate of drug-likeness (QED) is 0.576. The molecule has 17 heavy (non-hydrogen) atoms. The summed E-state index contributed by atoms with van der Waals surface area (Å²) in [5.74, 6) is 0.232. The molecule has 1 radical (unpaired) electrons. The Kier molecular flexibility index (Phi) is 16.8. The Hall–Kier alpha value is -0.00610. The minimum atomic E-state index is -0.235.